The minimum atomic E-state index is -1.01. The van der Waals surface area contributed by atoms with Crippen LogP contribution in [-0.4, -0.2) is 112 Å². The quantitative estimate of drug-likeness (QED) is 0.417. The predicted molar refractivity (Wildman–Crippen MR) is 158 cm³/mol. The molecule has 1 aromatic carbocycles. The Balaban J connectivity index is 1.48. The summed E-state index contributed by atoms with van der Waals surface area (Å²) in [4.78, 5) is 29.4. The van der Waals surface area contributed by atoms with Crippen LogP contribution in [0.4, 0.5) is 0 Å². The van der Waals surface area contributed by atoms with Gasteiger partial charge in [0.1, 0.15) is 11.7 Å². The largest absolute Gasteiger partial charge is 0.458 e. The van der Waals surface area contributed by atoms with E-state index in [9.17, 15) is 14.7 Å². The molecule has 0 amide bonds. The third-order valence-electron chi connectivity index (χ3n) is 13.0. The van der Waals surface area contributed by atoms with E-state index in [1.54, 1.807) is 40.6 Å². The highest BCUT2D eigenvalue weighted by Gasteiger charge is 2.89. The molecule has 6 aliphatic rings. The molecule has 6 fully saturated rings. The lowest BCUT2D eigenvalue weighted by Gasteiger charge is -2.70. The monoisotopic (exact) mass is 613 g/mol. The summed E-state index contributed by atoms with van der Waals surface area (Å²) in [5.74, 6) is -1.57. The number of aliphatic hydroxyl groups is 1. The van der Waals surface area contributed by atoms with E-state index in [2.05, 4.69) is 11.8 Å². The summed E-state index contributed by atoms with van der Waals surface area (Å²) < 4.78 is 38.3. The number of likely N-dealkylation sites (tertiary alicyclic amines) is 1. The second-order valence-electron chi connectivity index (χ2n) is 14.1. The number of nitrogens with zero attached hydrogens (tertiary/aromatic N) is 1. The molecule has 5 saturated carbocycles. The van der Waals surface area contributed by atoms with Crippen molar-refractivity contribution in [3.8, 4) is 0 Å². The van der Waals surface area contributed by atoms with E-state index in [0.717, 1.165) is 13.0 Å². The van der Waals surface area contributed by atoms with Gasteiger partial charge in [-0.3, -0.25) is 9.69 Å². The normalized spacial score (nSPS) is 48.2. The number of fused-ring (bicyclic) bond motifs is 2. The summed E-state index contributed by atoms with van der Waals surface area (Å²) in [7, 11) is 6.88. The average Bonchev–Trinajstić information content (AvgIpc) is 3.44. The van der Waals surface area contributed by atoms with E-state index in [0.29, 0.717) is 31.6 Å². The van der Waals surface area contributed by atoms with E-state index in [1.165, 1.54) is 6.92 Å². The molecule has 14 atom stereocenters. The van der Waals surface area contributed by atoms with Crippen LogP contribution in [0.5, 0.6) is 0 Å². The van der Waals surface area contributed by atoms with E-state index in [-0.39, 0.29) is 65.9 Å². The molecule has 5 aliphatic carbocycles. The van der Waals surface area contributed by atoms with Crippen molar-refractivity contribution in [3.63, 3.8) is 0 Å². The van der Waals surface area contributed by atoms with E-state index >= 15 is 0 Å². The number of benzene rings is 1. The molecule has 10 heteroatoms. The summed E-state index contributed by atoms with van der Waals surface area (Å²) in [6.45, 7) is 5.40. The van der Waals surface area contributed by atoms with Gasteiger partial charge >= 0.3 is 11.9 Å². The first-order chi connectivity index (χ1) is 21.2. The van der Waals surface area contributed by atoms with Crippen molar-refractivity contribution < 1.29 is 43.1 Å². The summed E-state index contributed by atoms with van der Waals surface area (Å²) >= 11 is 0. The van der Waals surface area contributed by atoms with Crippen LogP contribution in [-0.2, 0) is 33.2 Å². The van der Waals surface area contributed by atoms with Crippen molar-refractivity contribution in [2.45, 2.75) is 75.3 Å². The minimum Gasteiger partial charge on any atom is -0.458 e. The molecule has 10 nitrogen and oxygen atoms in total. The number of methoxy groups -OCH3 is 4. The Labute approximate surface area is 259 Å². The molecule has 0 radical (unpaired) electrons. The molecule has 0 aromatic heterocycles. The van der Waals surface area contributed by atoms with Gasteiger partial charge in [-0.25, -0.2) is 4.79 Å². The van der Waals surface area contributed by atoms with E-state index < -0.39 is 28.6 Å². The fourth-order valence-electron chi connectivity index (χ4n) is 12.2. The number of piperidine rings is 1. The molecule has 1 heterocycles. The van der Waals surface area contributed by atoms with Crippen molar-refractivity contribution in [3.05, 3.63) is 35.9 Å². The van der Waals surface area contributed by atoms with Crippen LogP contribution in [0.1, 0.15) is 43.5 Å². The van der Waals surface area contributed by atoms with Crippen LogP contribution in [0.3, 0.4) is 0 Å². The van der Waals surface area contributed by atoms with Crippen LogP contribution in [0, 0.1) is 40.4 Å². The maximum absolute atomic E-state index is 13.7. The third-order valence-corrected chi connectivity index (χ3v) is 13.0. The lowest BCUT2D eigenvalue weighted by atomic mass is 9.42. The van der Waals surface area contributed by atoms with Gasteiger partial charge in [0, 0.05) is 95.3 Å². The molecule has 1 N–H and O–H groups in total. The topological polar surface area (TPSA) is 113 Å². The standard InChI is InChI=1S/C34H47NO9/c1-7-35-16-32(17-39-3)23(37)14-24(41-5)34-21-13-20-22(40-4)15-33(44-18(2)36,26(30(34)35)28(42-6)29(32)34)25(21)27(20)43-31(38)19-11-9-8-10-12-19/h8-12,20-30,37H,7,13-17H2,1-6H3/t20-,21-,22+,23-,24?,25-,26?,27+,28+,29-,30?,32+,33-,34?/m1/s1. The fourth-order valence-corrected chi connectivity index (χ4v) is 12.2. The summed E-state index contributed by atoms with van der Waals surface area (Å²) in [5, 5.41) is 12.0. The van der Waals surface area contributed by atoms with Crippen LogP contribution in [0.15, 0.2) is 30.3 Å². The fraction of sp³-hybridized carbons (Fsp3) is 0.765. The van der Waals surface area contributed by atoms with Crippen molar-refractivity contribution >= 4 is 11.9 Å². The second-order valence-corrected chi connectivity index (χ2v) is 14.1. The highest BCUT2D eigenvalue weighted by Crippen LogP contribution is 2.80. The molecule has 1 saturated heterocycles. The van der Waals surface area contributed by atoms with Gasteiger partial charge in [0.15, 0.2) is 0 Å². The maximum atomic E-state index is 13.7. The lowest BCUT2D eigenvalue weighted by Crippen LogP contribution is -2.79. The van der Waals surface area contributed by atoms with Crippen molar-refractivity contribution in [2.24, 2.45) is 40.4 Å². The maximum Gasteiger partial charge on any atom is 0.338 e. The predicted octanol–water partition coefficient (Wildman–Crippen LogP) is 2.56. The van der Waals surface area contributed by atoms with Crippen LogP contribution < -0.4 is 0 Å². The summed E-state index contributed by atoms with van der Waals surface area (Å²) in [6, 6.07) is 9.02. The zero-order valence-electron chi connectivity index (χ0n) is 26.6. The van der Waals surface area contributed by atoms with E-state index in [4.69, 9.17) is 28.4 Å². The number of esters is 2. The molecule has 4 unspecified atom stereocenters. The van der Waals surface area contributed by atoms with Crippen molar-refractivity contribution in [1.82, 2.24) is 4.90 Å². The van der Waals surface area contributed by atoms with Gasteiger partial charge in [0.25, 0.3) is 0 Å². The molecule has 1 spiro atoms. The van der Waals surface area contributed by atoms with Gasteiger partial charge in [-0.1, -0.05) is 25.1 Å². The highest BCUT2D eigenvalue weighted by atomic mass is 16.6. The van der Waals surface area contributed by atoms with Gasteiger partial charge in [-0.15, -0.1) is 0 Å². The van der Waals surface area contributed by atoms with Gasteiger partial charge in [-0.05, 0) is 31.0 Å². The minimum absolute atomic E-state index is 0.0367. The zero-order chi connectivity index (χ0) is 31.2. The number of carbonyl (C=O) groups is 2. The first-order valence-electron chi connectivity index (χ1n) is 16.1. The second kappa shape index (κ2) is 10.7. The van der Waals surface area contributed by atoms with Gasteiger partial charge < -0.3 is 33.5 Å². The van der Waals surface area contributed by atoms with Gasteiger partial charge in [0.2, 0.25) is 0 Å². The Kier molecular flexibility index (Phi) is 7.46. The number of aliphatic hydroxyl groups excluding tert-OH is 1. The summed E-state index contributed by atoms with van der Waals surface area (Å²) in [6.07, 6.45) is -0.424. The average molecular weight is 614 g/mol. The molecule has 44 heavy (non-hydrogen) atoms. The Morgan fingerprint density at radius 2 is 1.75 bits per heavy atom. The number of hydrogen-bond acceptors (Lipinski definition) is 10. The molecule has 1 aromatic rings. The number of hydrogen-bond donors (Lipinski definition) is 1. The van der Waals surface area contributed by atoms with Crippen molar-refractivity contribution in [1.29, 1.82) is 0 Å². The first-order valence-corrected chi connectivity index (χ1v) is 16.1. The molecule has 1 aliphatic heterocycles. The Morgan fingerprint density at radius 3 is 2.36 bits per heavy atom. The summed E-state index contributed by atoms with van der Waals surface area (Å²) in [5.41, 5.74) is -1.61. The first kappa shape index (κ1) is 30.6. The Morgan fingerprint density at radius 1 is 1.00 bits per heavy atom. The van der Waals surface area contributed by atoms with Gasteiger partial charge in [0.05, 0.1) is 36.6 Å². The van der Waals surface area contributed by atoms with Gasteiger partial charge in [-0.2, -0.15) is 0 Å². The lowest BCUT2D eigenvalue weighted by molar-refractivity contribution is -0.297. The SMILES string of the molecule is CCN1C[C@]2(COC)[C@H](O)CC(OC)C34C1C([C@H](OC)[C@@H]32)[C@@]1(OC(C)=O)C[C@H](OC)[C@H]2C[C@@H]4[C@@H]1[C@H]2OC(=O)c1ccccc1. The van der Waals surface area contributed by atoms with Crippen LogP contribution in [0.25, 0.3) is 0 Å². The molecule has 7 rings (SSSR count). The van der Waals surface area contributed by atoms with Crippen LogP contribution >= 0.6 is 0 Å². The molecule has 242 valence electrons. The van der Waals surface area contributed by atoms with Crippen LogP contribution in [0.2, 0.25) is 0 Å². The molecule has 7 bridgehead atoms. The molecular weight excluding hydrogens is 566 g/mol. The number of rotatable bonds is 9. The van der Waals surface area contributed by atoms with E-state index in [1.807, 2.05) is 18.2 Å². The Bertz CT molecular complexity index is 1280. The third kappa shape index (κ3) is 3.64. The molecular formula is C34H47NO9. The highest BCUT2D eigenvalue weighted by molar-refractivity contribution is 5.89. The smallest absolute Gasteiger partial charge is 0.338 e. The number of ether oxygens (including phenoxy) is 6. The number of carbonyl (C=O) groups excluding carboxylic acids is 2. The Hall–Kier alpha value is -2.08. The van der Waals surface area contributed by atoms with Crippen molar-refractivity contribution in [2.75, 3.05) is 48.1 Å². The zero-order valence-corrected chi connectivity index (χ0v) is 26.6.